The van der Waals surface area contributed by atoms with Crippen LogP contribution in [0.25, 0.3) is 0 Å². The lowest BCUT2D eigenvalue weighted by atomic mass is 9.97. The van der Waals surface area contributed by atoms with Crippen LogP contribution in [0.5, 0.6) is 0 Å². The van der Waals surface area contributed by atoms with Crippen LogP contribution in [0.2, 0.25) is 0 Å². The lowest BCUT2D eigenvalue weighted by Crippen LogP contribution is -2.46. The molecule has 1 aliphatic carbocycles. The van der Waals surface area contributed by atoms with E-state index < -0.39 is 0 Å². The minimum absolute atomic E-state index is 0.0334. The number of aromatic nitrogens is 2. The smallest absolute Gasteiger partial charge is 0.272 e. The van der Waals surface area contributed by atoms with Gasteiger partial charge in [-0.15, -0.1) is 0 Å². The van der Waals surface area contributed by atoms with E-state index in [9.17, 15) is 9.59 Å². The molecule has 1 atom stereocenters. The van der Waals surface area contributed by atoms with Crippen LogP contribution in [0, 0.1) is 5.92 Å². The molecule has 0 aromatic carbocycles. The van der Waals surface area contributed by atoms with Crippen molar-refractivity contribution in [3.05, 3.63) is 18.0 Å². The van der Waals surface area contributed by atoms with E-state index in [-0.39, 0.29) is 17.7 Å². The van der Waals surface area contributed by atoms with Crippen LogP contribution in [0.1, 0.15) is 36.2 Å². The Morgan fingerprint density at radius 1 is 1.35 bits per heavy atom. The highest BCUT2D eigenvalue weighted by molar-refractivity contribution is 5.93. The van der Waals surface area contributed by atoms with Crippen LogP contribution < -0.4 is 5.32 Å². The molecular weight excluding hydrogens is 256 g/mol. The van der Waals surface area contributed by atoms with Gasteiger partial charge in [-0.05, 0) is 31.7 Å². The SMILES string of the molecule is Cn1nccc1C(=O)N1CCC[C@H](C(=O)NC2CC2)C1. The fourth-order valence-corrected chi connectivity index (χ4v) is 2.67. The van der Waals surface area contributed by atoms with E-state index in [0.717, 1.165) is 32.2 Å². The second-order valence-electron chi connectivity index (χ2n) is 5.71. The molecule has 1 aromatic rings. The molecule has 2 amide bonds. The first-order chi connectivity index (χ1) is 9.65. The average Bonchev–Trinajstić information content (AvgIpc) is 3.17. The molecule has 1 N–H and O–H groups in total. The lowest BCUT2D eigenvalue weighted by molar-refractivity contribution is -0.126. The van der Waals surface area contributed by atoms with Gasteiger partial charge in [0.25, 0.3) is 5.91 Å². The molecule has 20 heavy (non-hydrogen) atoms. The van der Waals surface area contributed by atoms with Gasteiger partial charge in [-0.3, -0.25) is 14.3 Å². The normalized spacial score (nSPS) is 22.6. The summed E-state index contributed by atoms with van der Waals surface area (Å²) in [4.78, 5) is 26.3. The molecule has 2 aliphatic rings. The van der Waals surface area contributed by atoms with Crippen molar-refractivity contribution in [1.29, 1.82) is 0 Å². The monoisotopic (exact) mass is 276 g/mol. The van der Waals surface area contributed by atoms with E-state index in [4.69, 9.17) is 0 Å². The summed E-state index contributed by atoms with van der Waals surface area (Å²) in [7, 11) is 1.76. The number of piperidine rings is 1. The quantitative estimate of drug-likeness (QED) is 0.876. The van der Waals surface area contributed by atoms with Crippen molar-refractivity contribution < 1.29 is 9.59 Å². The van der Waals surface area contributed by atoms with Gasteiger partial charge in [0, 0.05) is 32.4 Å². The maximum atomic E-state index is 12.4. The van der Waals surface area contributed by atoms with Crippen LogP contribution in [0.3, 0.4) is 0 Å². The summed E-state index contributed by atoms with van der Waals surface area (Å²) in [6.07, 6.45) is 5.56. The van der Waals surface area contributed by atoms with E-state index in [1.165, 1.54) is 0 Å². The van der Waals surface area contributed by atoms with E-state index >= 15 is 0 Å². The maximum Gasteiger partial charge on any atom is 0.272 e. The third-order valence-electron chi connectivity index (χ3n) is 4.04. The van der Waals surface area contributed by atoms with Gasteiger partial charge < -0.3 is 10.2 Å². The second-order valence-corrected chi connectivity index (χ2v) is 5.71. The maximum absolute atomic E-state index is 12.4. The van der Waals surface area contributed by atoms with E-state index in [2.05, 4.69) is 10.4 Å². The average molecular weight is 276 g/mol. The van der Waals surface area contributed by atoms with Crippen LogP contribution >= 0.6 is 0 Å². The molecule has 0 spiro atoms. The molecule has 2 fully saturated rings. The van der Waals surface area contributed by atoms with Crippen molar-refractivity contribution in [2.75, 3.05) is 13.1 Å². The third kappa shape index (κ3) is 2.69. The molecular formula is C14H20N4O2. The van der Waals surface area contributed by atoms with Gasteiger partial charge in [-0.25, -0.2) is 0 Å². The summed E-state index contributed by atoms with van der Waals surface area (Å²) in [6, 6.07) is 2.10. The molecule has 1 aliphatic heterocycles. The number of nitrogens with zero attached hydrogens (tertiary/aromatic N) is 3. The molecule has 1 saturated carbocycles. The zero-order valence-corrected chi connectivity index (χ0v) is 11.7. The summed E-state index contributed by atoms with van der Waals surface area (Å²) in [5, 5.41) is 7.06. The number of rotatable bonds is 3. The van der Waals surface area contributed by atoms with Crippen LogP contribution in [0.4, 0.5) is 0 Å². The Bertz CT molecular complexity index is 521. The molecule has 0 unspecified atom stereocenters. The Hall–Kier alpha value is -1.85. The zero-order valence-electron chi connectivity index (χ0n) is 11.7. The van der Waals surface area contributed by atoms with Crippen molar-refractivity contribution in [3.63, 3.8) is 0 Å². The standard InChI is InChI=1S/C14H20N4O2/c1-17-12(6-7-15-17)14(20)18-8-2-3-10(9-18)13(19)16-11-4-5-11/h6-7,10-11H,2-5,8-9H2,1H3,(H,16,19)/t10-/m0/s1. The number of hydrogen-bond acceptors (Lipinski definition) is 3. The van der Waals surface area contributed by atoms with Gasteiger partial charge in [0.15, 0.2) is 0 Å². The fraction of sp³-hybridized carbons (Fsp3) is 0.643. The van der Waals surface area contributed by atoms with Gasteiger partial charge in [0.1, 0.15) is 5.69 Å². The van der Waals surface area contributed by atoms with Crippen molar-refractivity contribution in [1.82, 2.24) is 20.0 Å². The number of amides is 2. The number of carbonyl (C=O) groups is 2. The van der Waals surface area contributed by atoms with E-state index in [1.54, 1.807) is 28.9 Å². The van der Waals surface area contributed by atoms with E-state index in [1.807, 2.05) is 0 Å². The zero-order chi connectivity index (χ0) is 14.1. The molecule has 1 saturated heterocycles. The van der Waals surface area contributed by atoms with Crippen LogP contribution in [0.15, 0.2) is 12.3 Å². The lowest BCUT2D eigenvalue weighted by Gasteiger charge is -2.32. The van der Waals surface area contributed by atoms with Gasteiger partial charge >= 0.3 is 0 Å². The summed E-state index contributed by atoms with van der Waals surface area (Å²) < 4.78 is 1.58. The van der Waals surface area contributed by atoms with Gasteiger partial charge in [0.05, 0.1) is 5.92 Å². The number of carbonyl (C=O) groups excluding carboxylic acids is 2. The molecule has 6 heteroatoms. The van der Waals surface area contributed by atoms with E-state index in [0.29, 0.717) is 18.3 Å². The highest BCUT2D eigenvalue weighted by atomic mass is 16.2. The summed E-state index contributed by atoms with van der Waals surface area (Å²) in [5.41, 5.74) is 0.577. The fourth-order valence-electron chi connectivity index (χ4n) is 2.67. The van der Waals surface area contributed by atoms with Gasteiger partial charge in [-0.1, -0.05) is 0 Å². The third-order valence-corrected chi connectivity index (χ3v) is 4.04. The first-order valence-electron chi connectivity index (χ1n) is 7.23. The predicted molar refractivity (Wildman–Crippen MR) is 73.0 cm³/mol. The molecule has 0 bridgehead atoms. The Labute approximate surface area is 118 Å². The number of nitrogens with one attached hydrogen (secondary N) is 1. The van der Waals surface area contributed by atoms with Crippen molar-refractivity contribution >= 4 is 11.8 Å². The van der Waals surface area contributed by atoms with Crippen molar-refractivity contribution in [3.8, 4) is 0 Å². The number of hydrogen-bond donors (Lipinski definition) is 1. The topological polar surface area (TPSA) is 67.2 Å². The van der Waals surface area contributed by atoms with Crippen LogP contribution in [-0.4, -0.2) is 45.6 Å². The van der Waals surface area contributed by atoms with Gasteiger partial charge in [-0.2, -0.15) is 5.10 Å². The number of likely N-dealkylation sites (tertiary alicyclic amines) is 1. The molecule has 2 heterocycles. The second kappa shape index (κ2) is 5.26. The largest absolute Gasteiger partial charge is 0.353 e. The van der Waals surface area contributed by atoms with Crippen LogP contribution in [-0.2, 0) is 11.8 Å². The molecule has 1 aromatic heterocycles. The highest BCUT2D eigenvalue weighted by Gasteiger charge is 2.32. The summed E-state index contributed by atoms with van der Waals surface area (Å²) >= 11 is 0. The highest BCUT2D eigenvalue weighted by Crippen LogP contribution is 2.22. The Morgan fingerprint density at radius 3 is 2.80 bits per heavy atom. The summed E-state index contributed by atoms with van der Waals surface area (Å²) in [6.45, 7) is 1.24. The van der Waals surface area contributed by atoms with Crippen molar-refractivity contribution in [2.45, 2.75) is 31.7 Å². The molecule has 108 valence electrons. The number of aryl methyl sites for hydroxylation is 1. The van der Waals surface area contributed by atoms with Gasteiger partial charge in [0.2, 0.25) is 5.91 Å². The first-order valence-corrected chi connectivity index (χ1v) is 7.23. The summed E-state index contributed by atoms with van der Waals surface area (Å²) in [5.74, 6) is 0.00505. The first kappa shape index (κ1) is 13.1. The minimum atomic E-state index is -0.0680. The molecule has 3 rings (SSSR count). The molecule has 0 radical (unpaired) electrons. The molecule has 6 nitrogen and oxygen atoms in total. The van der Waals surface area contributed by atoms with Crippen molar-refractivity contribution in [2.24, 2.45) is 13.0 Å². The Balaban J connectivity index is 1.63. The Morgan fingerprint density at radius 2 is 2.15 bits per heavy atom. The Kier molecular flexibility index (Phi) is 3.46. The minimum Gasteiger partial charge on any atom is -0.353 e. The predicted octanol–water partition coefficient (Wildman–Crippen LogP) is 0.551.